The first kappa shape index (κ1) is 14.3. The van der Waals surface area contributed by atoms with Crippen molar-refractivity contribution in [2.24, 2.45) is 10.8 Å². The molecule has 2 atom stereocenters. The van der Waals surface area contributed by atoms with Crippen LogP contribution in [-0.2, 0) is 0 Å². The summed E-state index contributed by atoms with van der Waals surface area (Å²) in [7, 11) is 0. The van der Waals surface area contributed by atoms with Crippen LogP contribution in [0.25, 0.3) is 0 Å². The quantitative estimate of drug-likeness (QED) is 0.761. The van der Waals surface area contributed by atoms with Gasteiger partial charge >= 0.3 is 0 Å². The summed E-state index contributed by atoms with van der Waals surface area (Å²) in [5, 5.41) is 0. The molecule has 0 aromatic carbocycles. The Bertz CT molecular complexity index is 299. The van der Waals surface area contributed by atoms with Crippen LogP contribution in [0.3, 0.4) is 0 Å². The van der Waals surface area contributed by atoms with Gasteiger partial charge in [-0.2, -0.15) is 0 Å². The van der Waals surface area contributed by atoms with Crippen LogP contribution in [0.15, 0.2) is 0 Å². The third-order valence-corrected chi connectivity index (χ3v) is 5.35. The highest BCUT2D eigenvalue weighted by Gasteiger charge is 2.64. The number of piperazine rings is 1. The second kappa shape index (κ2) is 4.49. The molecule has 0 bridgehead atoms. The molecule has 2 fully saturated rings. The van der Waals surface area contributed by atoms with Crippen LogP contribution in [0.1, 0.15) is 54.4 Å². The maximum absolute atomic E-state index is 2.77. The predicted molar refractivity (Wildman–Crippen MR) is 78.9 cm³/mol. The highest BCUT2D eigenvalue weighted by molar-refractivity contribution is 5.18. The van der Waals surface area contributed by atoms with Gasteiger partial charge in [-0.05, 0) is 37.1 Å². The van der Waals surface area contributed by atoms with Crippen LogP contribution in [0, 0.1) is 10.8 Å². The molecule has 18 heavy (non-hydrogen) atoms. The summed E-state index contributed by atoms with van der Waals surface area (Å²) in [4.78, 5) is 5.34. The van der Waals surface area contributed by atoms with Crippen molar-refractivity contribution in [3.05, 3.63) is 0 Å². The second-order valence-corrected chi connectivity index (χ2v) is 8.17. The van der Waals surface area contributed by atoms with Crippen molar-refractivity contribution in [2.45, 2.75) is 59.9 Å². The van der Waals surface area contributed by atoms with E-state index in [4.69, 9.17) is 0 Å². The van der Waals surface area contributed by atoms with E-state index in [2.05, 4.69) is 51.3 Å². The largest absolute Gasteiger partial charge is 0.301 e. The maximum Gasteiger partial charge on any atom is 0.0242 e. The van der Waals surface area contributed by atoms with Gasteiger partial charge in [-0.15, -0.1) is 0 Å². The monoisotopic (exact) mass is 252 g/mol. The van der Waals surface area contributed by atoms with Crippen molar-refractivity contribution in [2.75, 3.05) is 32.7 Å². The van der Waals surface area contributed by atoms with Crippen LogP contribution >= 0.6 is 0 Å². The summed E-state index contributed by atoms with van der Waals surface area (Å²) in [5.74, 6) is 0. The molecular weight excluding hydrogens is 220 g/mol. The van der Waals surface area contributed by atoms with Crippen LogP contribution in [0.2, 0.25) is 0 Å². The first-order valence-corrected chi connectivity index (χ1v) is 7.68. The van der Waals surface area contributed by atoms with Crippen molar-refractivity contribution in [3.8, 4) is 0 Å². The average molecular weight is 252 g/mol. The molecule has 2 unspecified atom stereocenters. The molecule has 0 radical (unpaired) electrons. The number of rotatable bonds is 3. The van der Waals surface area contributed by atoms with E-state index in [-0.39, 0.29) is 0 Å². The molecule has 1 aliphatic heterocycles. The molecule has 0 spiro atoms. The fourth-order valence-corrected chi connectivity index (χ4v) is 4.19. The minimum absolute atomic E-state index is 0.456. The summed E-state index contributed by atoms with van der Waals surface area (Å²) >= 11 is 0. The van der Waals surface area contributed by atoms with Gasteiger partial charge in [0, 0.05) is 31.7 Å². The van der Waals surface area contributed by atoms with E-state index in [0.717, 1.165) is 0 Å². The Kier molecular flexibility index (Phi) is 3.57. The van der Waals surface area contributed by atoms with E-state index in [0.29, 0.717) is 16.4 Å². The smallest absolute Gasteiger partial charge is 0.0242 e. The van der Waals surface area contributed by atoms with Crippen LogP contribution in [0.5, 0.6) is 0 Å². The summed E-state index contributed by atoms with van der Waals surface area (Å²) in [5.41, 5.74) is 1.47. The molecule has 1 saturated heterocycles. The number of hydrogen-bond donors (Lipinski definition) is 0. The minimum Gasteiger partial charge on any atom is -0.301 e. The molecule has 0 amide bonds. The summed E-state index contributed by atoms with van der Waals surface area (Å²) in [6.45, 7) is 20.7. The van der Waals surface area contributed by atoms with Gasteiger partial charge in [-0.25, -0.2) is 0 Å². The van der Waals surface area contributed by atoms with E-state index in [1.165, 1.54) is 45.6 Å². The lowest BCUT2D eigenvalue weighted by Gasteiger charge is -2.41. The molecule has 2 aliphatic rings. The molecule has 1 aliphatic carbocycles. The fraction of sp³-hybridized carbons (Fsp3) is 1.00. The fourth-order valence-electron chi connectivity index (χ4n) is 4.19. The Morgan fingerprint density at radius 2 is 1.56 bits per heavy atom. The standard InChI is InChI=1S/C16H32N2/c1-7-17-8-10-18(11-9-17)16(6)13-15(16,5)12-14(2,3)4/h7-13H2,1-6H3. The van der Waals surface area contributed by atoms with Gasteiger partial charge in [0.2, 0.25) is 0 Å². The predicted octanol–water partition coefficient (Wildman–Crippen LogP) is 3.23. The topological polar surface area (TPSA) is 6.48 Å². The Balaban J connectivity index is 1.95. The van der Waals surface area contributed by atoms with Gasteiger partial charge in [-0.3, -0.25) is 4.90 Å². The van der Waals surface area contributed by atoms with Gasteiger partial charge in [0.1, 0.15) is 0 Å². The normalized spacial score (nSPS) is 39.0. The molecular formula is C16H32N2. The van der Waals surface area contributed by atoms with E-state index in [1.807, 2.05) is 0 Å². The van der Waals surface area contributed by atoms with E-state index >= 15 is 0 Å². The number of hydrogen-bond acceptors (Lipinski definition) is 2. The van der Waals surface area contributed by atoms with E-state index < -0.39 is 0 Å². The summed E-state index contributed by atoms with van der Waals surface area (Å²) in [6.07, 6.45) is 2.74. The van der Waals surface area contributed by atoms with Crippen LogP contribution in [-0.4, -0.2) is 48.1 Å². The van der Waals surface area contributed by atoms with Gasteiger partial charge in [0.15, 0.2) is 0 Å². The second-order valence-electron chi connectivity index (χ2n) is 8.17. The highest BCUT2D eigenvalue weighted by Crippen LogP contribution is 2.64. The minimum atomic E-state index is 0.456. The molecule has 2 rings (SSSR count). The molecule has 0 N–H and O–H groups in total. The highest BCUT2D eigenvalue weighted by atomic mass is 15.3. The average Bonchev–Trinajstić information content (AvgIpc) is 2.79. The Labute approximate surface area is 114 Å². The Morgan fingerprint density at radius 1 is 1.00 bits per heavy atom. The van der Waals surface area contributed by atoms with Crippen molar-refractivity contribution in [1.29, 1.82) is 0 Å². The molecule has 1 saturated carbocycles. The third-order valence-electron chi connectivity index (χ3n) is 5.35. The van der Waals surface area contributed by atoms with E-state index in [1.54, 1.807) is 0 Å². The van der Waals surface area contributed by atoms with Gasteiger partial charge in [-0.1, -0.05) is 34.6 Å². The first-order valence-electron chi connectivity index (χ1n) is 7.68. The van der Waals surface area contributed by atoms with Gasteiger partial charge < -0.3 is 4.90 Å². The molecule has 2 heteroatoms. The number of nitrogens with zero attached hydrogens (tertiary/aromatic N) is 2. The Morgan fingerprint density at radius 3 is 2.00 bits per heavy atom. The van der Waals surface area contributed by atoms with Crippen molar-refractivity contribution >= 4 is 0 Å². The van der Waals surface area contributed by atoms with Crippen LogP contribution in [0.4, 0.5) is 0 Å². The zero-order valence-corrected chi connectivity index (χ0v) is 13.3. The van der Waals surface area contributed by atoms with Gasteiger partial charge in [0.25, 0.3) is 0 Å². The molecule has 0 aromatic heterocycles. The lowest BCUT2D eigenvalue weighted by Crippen LogP contribution is -2.52. The molecule has 106 valence electrons. The Hall–Kier alpha value is -0.0800. The van der Waals surface area contributed by atoms with Crippen LogP contribution < -0.4 is 0 Å². The zero-order valence-electron chi connectivity index (χ0n) is 13.3. The molecule has 2 nitrogen and oxygen atoms in total. The van der Waals surface area contributed by atoms with Crippen molar-refractivity contribution < 1.29 is 0 Å². The summed E-state index contributed by atoms with van der Waals surface area (Å²) < 4.78 is 0. The zero-order chi connectivity index (χ0) is 13.6. The lowest BCUT2D eigenvalue weighted by atomic mass is 9.81. The third kappa shape index (κ3) is 2.60. The molecule has 1 heterocycles. The van der Waals surface area contributed by atoms with Gasteiger partial charge in [0.05, 0.1) is 0 Å². The van der Waals surface area contributed by atoms with Crippen molar-refractivity contribution in [3.63, 3.8) is 0 Å². The first-order chi connectivity index (χ1) is 8.20. The SMILES string of the molecule is CCN1CCN(C2(C)CC2(C)CC(C)(C)C)CC1. The maximum atomic E-state index is 2.77. The number of likely N-dealkylation sites (N-methyl/N-ethyl adjacent to an activating group) is 1. The summed E-state index contributed by atoms with van der Waals surface area (Å²) in [6, 6.07) is 0. The lowest BCUT2D eigenvalue weighted by molar-refractivity contribution is 0.0683. The van der Waals surface area contributed by atoms with Crippen molar-refractivity contribution in [1.82, 2.24) is 9.80 Å². The van der Waals surface area contributed by atoms with E-state index in [9.17, 15) is 0 Å². The molecule has 0 aromatic rings.